The molecule has 7 nitrogen and oxygen atoms in total. The van der Waals surface area contributed by atoms with Crippen molar-refractivity contribution in [2.75, 3.05) is 5.32 Å². The summed E-state index contributed by atoms with van der Waals surface area (Å²) in [6.45, 7) is 4.42. The molecule has 4 aromatic rings. The highest BCUT2D eigenvalue weighted by Gasteiger charge is 2.35. The van der Waals surface area contributed by atoms with Gasteiger partial charge in [0.15, 0.2) is 5.82 Å². The number of benzene rings is 2. The summed E-state index contributed by atoms with van der Waals surface area (Å²) in [5.41, 5.74) is 5.77. The summed E-state index contributed by atoms with van der Waals surface area (Å²) < 4.78 is 4.59. The highest BCUT2D eigenvalue weighted by Crippen LogP contribution is 2.49. The lowest BCUT2D eigenvalue weighted by molar-refractivity contribution is 0.314. The Morgan fingerprint density at radius 2 is 1.85 bits per heavy atom. The van der Waals surface area contributed by atoms with Crippen molar-refractivity contribution < 1.29 is 4.63 Å². The van der Waals surface area contributed by atoms with Gasteiger partial charge in [-0.1, -0.05) is 44.2 Å². The largest absolute Gasteiger partial charge is 0.336 e. The Hall–Kier alpha value is -3.48. The first-order valence-corrected chi connectivity index (χ1v) is 8.28. The Bertz CT molecular complexity index is 1220. The van der Waals surface area contributed by atoms with E-state index in [4.69, 9.17) is 0 Å². The summed E-state index contributed by atoms with van der Waals surface area (Å²) >= 11 is 0. The van der Waals surface area contributed by atoms with Crippen molar-refractivity contribution in [2.24, 2.45) is 0 Å². The van der Waals surface area contributed by atoms with E-state index in [-0.39, 0.29) is 28.1 Å². The second kappa shape index (κ2) is 5.01. The molecule has 26 heavy (non-hydrogen) atoms. The summed E-state index contributed by atoms with van der Waals surface area (Å²) in [6.07, 6.45) is 0. The lowest BCUT2D eigenvalue weighted by Crippen LogP contribution is -2.16. The Labute approximate surface area is 148 Å². The fraction of sp³-hybridized carbons (Fsp3) is 0.158. The van der Waals surface area contributed by atoms with Crippen LogP contribution in [-0.4, -0.2) is 20.3 Å². The van der Waals surface area contributed by atoms with E-state index in [1.54, 1.807) is 0 Å². The predicted octanol–water partition coefficient (Wildman–Crippen LogP) is 3.36. The molecule has 0 radical (unpaired) electrons. The van der Waals surface area contributed by atoms with Crippen molar-refractivity contribution in [3.8, 4) is 11.1 Å². The van der Waals surface area contributed by atoms with Gasteiger partial charge in [0.25, 0.3) is 5.56 Å². The molecule has 0 atom stereocenters. The van der Waals surface area contributed by atoms with Crippen molar-refractivity contribution in [3.05, 3.63) is 63.9 Å². The first-order valence-electron chi connectivity index (χ1n) is 8.28. The van der Waals surface area contributed by atoms with Gasteiger partial charge in [-0.15, -0.1) is 0 Å². The first kappa shape index (κ1) is 14.8. The van der Waals surface area contributed by atoms with Crippen LogP contribution in [0.2, 0.25) is 0 Å². The van der Waals surface area contributed by atoms with Gasteiger partial charge in [-0.05, 0) is 44.7 Å². The summed E-state index contributed by atoms with van der Waals surface area (Å²) in [4.78, 5) is 19.0. The zero-order chi connectivity index (χ0) is 17.9. The molecule has 2 aromatic carbocycles. The minimum absolute atomic E-state index is 0.108. The Balaban J connectivity index is 1.59. The predicted molar refractivity (Wildman–Crippen MR) is 97.5 cm³/mol. The third-order valence-corrected chi connectivity index (χ3v) is 4.98. The van der Waals surface area contributed by atoms with Crippen LogP contribution in [0, 0.1) is 0 Å². The van der Waals surface area contributed by atoms with Gasteiger partial charge < -0.3 is 5.32 Å². The Morgan fingerprint density at radius 1 is 1.04 bits per heavy atom. The van der Waals surface area contributed by atoms with E-state index in [0.717, 1.165) is 5.69 Å². The van der Waals surface area contributed by atoms with Crippen LogP contribution in [0.15, 0.2) is 51.9 Å². The van der Waals surface area contributed by atoms with Crippen molar-refractivity contribution in [1.29, 1.82) is 0 Å². The van der Waals surface area contributed by atoms with Crippen LogP contribution in [0.25, 0.3) is 22.4 Å². The standard InChI is InChI=1S/C19H15N5O2/c1-19(2)13-6-4-3-5-11(13)12-8-7-10(9-14(12)19)20-17-18(25)22-16-15(21-17)23-26-24-16/h3-9H,1-2H3,(H,20,21,23)(H,22,24,25). The van der Waals surface area contributed by atoms with Gasteiger partial charge in [0, 0.05) is 11.1 Å². The minimum atomic E-state index is -0.378. The molecule has 0 aliphatic heterocycles. The normalized spacial score (nSPS) is 14.2. The zero-order valence-corrected chi connectivity index (χ0v) is 14.2. The maximum atomic E-state index is 12.2. The number of aromatic nitrogens is 4. The van der Waals surface area contributed by atoms with E-state index in [0.29, 0.717) is 0 Å². The van der Waals surface area contributed by atoms with Crippen LogP contribution in [0.1, 0.15) is 25.0 Å². The fourth-order valence-corrected chi connectivity index (χ4v) is 3.66. The van der Waals surface area contributed by atoms with Crippen LogP contribution in [0.5, 0.6) is 0 Å². The van der Waals surface area contributed by atoms with E-state index < -0.39 is 0 Å². The molecule has 2 aromatic heterocycles. The summed E-state index contributed by atoms with van der Waals surface area (Å²) in [6, 6.07) is 14.5. The quantitative estimate of drug-likeness (QED) is 0.578. The van der Waals surface area contributed by atoms with Gasteiger partial charge in [0.1, 0.15) is 0 Å². The van der Waals surface area contributed by atoms with Gasteiger partial charge in [-0.2, -0.15) is 4.98 Å². The molecule has 2 heterocycles. The number of fused-ring (bicyclic) bond motifs is 4. The molecule has 128 valence electrons. The van der Waals surface area contributed by atoms with E-state index in [1.165, 1.54) is 22.3 Å². The lowest BCUT2D eigenvalue weighted by atomic mass is 9.82. The topological polar surface area (TPSA) is 96.7 Å². The molecule has 0 spiro atoms. The van der Waals surface area contributed by atoms with Crippen molar-refractivity contribution in [1.82, 2.24) is 20.3 Å². The molecular weight excluding hydrogens is 330 g/mol. The number of anilines is 2. The average Bonchev–Trinajstić information content (AvgIpc) is 3.17. The number of aromatic amines is 1. The van der Waals surface area contributed by atoms with Crippen molar-refractivity contribution in [3.63, 3.8) is 0 Å². The molecule has 5 rings (SSSR count). The molecule has 0 saturated carbocycles. The molecule has 1 aliphatic carbocycles. The lowest BCUT2D eigenvalue weighted by Gasteiger charge is -2.22. The molecule has 7 heteroatoms. The van der Waals surface area contributed by atoms with Gasteiger partial charge in [-0.25, -0.2) is 4.63 Å². The van der Waals surface area contributed by atoms with E-state index >= 15 is 0 Å². The van der Waals surface area contributed by atoms with Crippen LogP contribution in [0.4, 0.5) is 11.5 Å². The second-order valence-electron chi connectivity index (χ2n) is 6.91. The third kappa shape index (κ3) is 2.00. The van der Waals surface area contributed by atoms with Gasteiger partial charge >= 0.3 is 0 Å². The highest BCUT2D eigenvalue weighted by atomic mass is 16.6. The van der Waals surface area contributed by atoms with Crippen molar-refractivity contribution >= 4 is 22.8 Å². The number of hydrogen-bond acceptors (Lipinski definition) is 6. The number of nitrogens with one attached hydrogen (secondary N) is 2. The van der Waals surface area contributed by atoms with Crippen LogP contribution >= 0.6 is 0 Å². The SMILES string of the molecule is CC1(C)c2ccccc2-c2ccc(Nc3nc4nonc4[nH]c3=O)cc21. The van der Waals surface area contributed by atoms with Gasteiger partial charge in [0.2, 0.25) is 11.3 Å². The molecule has 0 unspecified atom stereocenters. The number of hydrogen-bond donors (Lipinski definition) is 2. The van der Waals surface area contributed by atoms with Crippen LogP contribution < -0.4 is 10.9 Å². The molecule has 0 fully saturated rings. The molecule has 2 N–H and O–H groups in total. The molecular formula is C19H15N5O2. The number of H-pyrrole nitrogens is 1. The summed E-state index contributed by atoms with van der Waals surface area (Å²) in [7, 11) is 0. The molecule has 0 amide bonds. The Morgan fingerprint density at radius 3 is 2.73 bits per heavy atom. The van der Waals surface area contributed by atoms with Crippen molar-refractivity contribution in [2.45, 2.75) is 19.3 Å². The summed E-state index contributed by atoms with van der Waals surface area (Å²) in [5.74, 6) is 0.154. The fourth-order valence-electron chi connectivity index (χ4n) is 3.66. The third-order valence-electron chi connectivity index (χ3n) is 4.98. The van der Waals surface area contributed by atoms with E-state index in [1.807, 2.05) is 6.07 Å². The molecule has 0 saturated heterocycles. The molecule has 0 bridgehead atoms. The van der Waals surface area contributed by atoms with E-state index in [9.17, 15) is 4.79 Å². The average molecular weight is 345 g/mol. The number of rotatable bonds is 2. The monoisotopic (exact) mass is 345 g/mol. The smallest absolute Gasteiger partial charge is 0.292 e. The molecule has 1 aliphatic rings. The minimum Gasteiger partial charge on any atom is -0.336 e. The maximum Gasteiger partial charge on any atom is 0.292 e. The maximum absolute atomic E-state index is 12.2. The highest BCUT2D eigenvalue weighted by molar-refractivity contribution is 5.82. The Kier molecular flexibility index (Phi) is 2.86. The number of nitrogens with zero attached hydrogens (tertiary/aromatic N) is 3. The van der Waals surface area contributed by atoms with Gasteiger partial charge in [-0.3, -0.25) is 9.78 Å². The first-order chi connectivity index (χ1) is 12.5. The zero-order valence-electron chi connectivity index (χ0n) is 14.2. The van der Waals surface area contributed by atoms with Gasteiger partial charge in [0.05, 0.1) is 0 Å². The van der Waals surface area contributed by atoms with E-state index in [2.05, 4.69) is 80.5 Å². The van der Waals surface area contributed by atoms with Crippen LogP contribution in [0.3, 0.4) is 0 Å². The van der Waals surface area contributed by atoms with Crippen LogP contribution in [-0.2, 0) is 5.41 Å². The second-order valence-corrected chi connectivity index (χ2v) is 6.91. The summed E-state index contributed by atoms with van der Waals surface area (Å²) in [5, 5.41) is 10.3.